The number of pyridine rings is 1. The van der Waals surface area contributed by atoms with Crippen LogP contribution in [0.2, 0.25) is 0 Å². The molecule has 19 heavy (non-hydrogen) atoms. The first-order valence-corrected chi connectivity index (χ1v) is 8.76. The summed E-state index contributed by atoms with van der Waals surface area (Å²) in [6, 6.07) is 1.26. The molecule has 0 unspecified atom stereocenters. The van der Waals surface area contributed by atoms with E-state index in [9.17, 15) is 16.8 Å². The van der Waals surface area contributed by atoms with E-state index in [1.807, 2.05) is 0 Å². The molecule has 0 aliphatic heterocycles. The quantitative estimate of drug-likeness (QED) is 0.764. The Morgan fingerprint density at radius 1 is 1.37 bits per heavy atom. The molecule has 1 aromatic heterocycles. The van der Waals surface area contributed by atoms with Gasteiger partial charge in [0, 0.05) is 6.07 Å². The Morgan fingerprint density at radius 2 is 2.00 bits per heavy atom. The molecule has 0 aromatic carbocycles. The highest BCUT2D eigenvalue weighted by molar-refractivity contribution is 7.92. The van der Waals surface area contributed by atoms with E-state index in [2.05, 4.69) is 9.71 Å². The number of primary sulfonamides is 1. The summed E-state index contributed by atoms with van der Waals surface area (Å²) in [5.41, 5.74) is -0.219. The third kappa shape index (κ3) is 4.04. The molecule has 1 aromatic rings. The molecule has 3 N–H and O–H groups in total. The molecule has 0 spiro atoms. The van der Waals surface area contributed by atoms with Crippen molar-refractivity contribution in [3.05, 3.63) is 12.3 Å². The summed E-state index contributed by atoms with van der Waals surface area (Å²) in [6.07, 6.45) is 3.99. The average molecular weight is 307 g/mol. The van der Waals surface area contributed by atoms with E-state index in [-0.39, 0.29) is 11.8 Å². The highest BCUT2D eigenvalue weighted by atomic mass is 32.2. The summed E-state index contributed by atoms with van der Waals surface area (Å²) in [7, 11) is -7.78. The number of aromatic nitrogens is 1. The van der Waals surface area contributed by atoms with Crippen LogP contribution < -0.4 is 14.6 Å². The molecule has 0 amide bonds. The Kier molecular flexibility index (Phi) is 3.41. The van der Waals surface area contributed by atoms with E-state index < -0.39 is 25.1 Å². The maximum absolute atomic E-state index is 11.3. The number of nitrogens with two attached hydrogens (primary N) is 1. The molecule has 1 fully saturated rings. The molecule has 1 aliphatic rings. The maximum atomic E-state index is 11.3. The minimum Gasteiger partial charge on any atom is -0.489 e. The molecule has 1 aliphatic carbocycles. The number of anilines is 1. The molecule has 0 saturated heterocycles. The van der Waals surface area contributed by atoms with E-state index in [4.69, 9.17) is 9.88 Å². The third-order valence-corrected chi connectivity index (χ3v) is 3.67. The van der Waals surface area contributed by atoms with Crippen LogP contribution in [0.4, 0.5) is 5.69 Å². The molecule has 10 heteroatoms. The van der Waals surface area contributed by atoms with Gasteiger partial charge in [0.05, 0.1) is 24.2 Å². The predicted molar refractivity (Wildman–Crippen MR) is 67.7 cm³/mol. The van der Waals surface area contributed by atoms with E-state index in [1.54, 1.807) is 0 Å². The van der Waals surface area contributed by atoms with Crippen LogP contribution in [0.5, 0.6) is 5.75 Å². The summed E-state index contributed by atoms with van der Waals surface area (Å²) < 4.78 is 52.5. The summed E-state index contributed by atoms with van der Waals surface area (Å²) in [5, 5.41) is 4.43. The molecular formula is C9H13N3O5S2. The van der Waals surface area contributed by atoms with Gasteiger partial charge >= 0.3 is 0 Å². The van der Waals surface area contributed by atoms with Crippen molar-refractivity contribution in [3.63, 3.8) is 0 Å². The summed E-state index contributed by atoms with van der Waals surface area (Å²) in [5.74, 6) is 0.293. The average Bonchev–Trinajstić information content (AvgIpc) is 2.97. The lowest BCUT2D eigenvalue weighted by Crippen LogP contribution is -2.19. The normalized spacial score (nSPS) is 16.1. The summed E-state index contributed by atoms with van der Waals surface area (Å²) >= 11 is 0. The van der Waals surface area contributed by atoms with Gasteiger partial charge in [0.25, 0.3) is 10.0 Å². The van der Waals surface area contributed by atoms with Crippen molar-refractivity contribution in [1.29, 1.82) is 0 Å². The number of hydrogen-bond donors (Lipinski definition) is 2. The van der Waals surface area contributed by atoms with Gasteiger partial charge < -0.3 is 4.74 Å². The van der Waals surface area contributed by atoms with Crippen molar-refractivity contribution in [1.82, 2.24) is 4.98 Å². The van der Waals surface area contributed by atoms with Gasteiger partial charge in [-0.25, -0.2) is 27.0 Å². The number of ether oxygens (including phenoxy) is 1. The lowest BCUT2D eigenvalue weighted by atomic mass is 10.4. The summed E-state index contributed by atoms with van der Waals surface area (Å²) in [6.45, 7) is 0. The van der Waals surface area contributed by atoms with Crippen LogP contribution in [-0.2, 0) is 20.0 Å². The maximum Gasteiger partial charge on any atom is 0.257 e. The van der Waals surface area contributed by atoms with Gasteiger partial charge in [-0.3, -0.25) is 4.72 Å². The zero-order chi connectivity index (χ0) is 14.3. The second-order valence-corrected chi connectivity index (χ2v) is 7.49. The van der Waals surface area contributed by atoms with Gasteiger partial charge in [-0.2, -0.15) is 0 Å². The van der Waals surface area contributed by atoms with Crippen LogP contribution in [0.3, 0.4) is 0 Å². The van der Waals surface area contributed by atoms with Crippen LogP contribution in [0.15, 0.2) is 17.3 Å². The third-order valence-electron chi connectivity index (χ3n) is 2.22. The number of hydrogen-bond acceptors (Lipinski definition) is 6. The Bertz CT molecular complexity index is 695. The van der Waals surface area contributed by atoms with Crippen LogP contribution in [-0.4, -0.2) is 34.2 Å². The van der Waals surface area contributed by atoms with Gasteiger partial charge in [-0.1, -0.05) is 0 Å². The van der Waals surface area contributed by atoms with Gasteiger partial charge in [0.1, 0.15) is 5.75 Å². The number of sulfonamides is 2. The van der Waals surface area contributed by atoms with Gasteiger partial charge in [0.2, 0.25) is 10.0 Å². The van der Waals surface area contributed by atoms with Gasteiger partial charge in [-0.05, 0) is 12.8 Å². The zero-order valence-corrected chi connectivity index (χ0v) is 11.7. The lowest BCUT2D eigenvalue weighted by molar-refractivity contribution is 0.302. The largest absolute Gasteiger partial charge is 0.489 e. The Hall–Kier alpha value is -1.39. The zero-order valence-electron chi connectivity index (χ0n) is 10.0. The molecule has 106 valence electrons. The second-order valence-electron chi connectivity index (χ2n) is 4.26. The Balaban J connectivity index is 2.43. The fraction of sp³-hybridized carbons (Fsp3) is 0.444. The monoisotopic (exact) mass is 307 g/mol. The highest BCUT2D eigenvalue weighted by Crippen LogP contribution is 2.29. The van der Waals surface area contributed by atoms with Crippen molar-refractivity contribution in [2.45, 2.75) is 24.0 Å². The Morgan fingerprint density at radius 3 is 2.47 bits per heavy atom. The van der Waals surface area contributed by atoms with E-state index >= 15 is 0 Å². The van der Waals surface area contributed by atoms with Crippen LogP contribution in [0.25, 0.3) is 0 Å². The van der Waals surface area contributed by atoms with Crippen molar-refractivity contribution in [2.75, 3.05) is 11.0 Å². The van der Waals surface area contributed by atoms with E-state index in [0.717, 1.165) is 19.1 Å². The van der Waals surface area contributed by atoms with Crippen molar-refractivity contribution in [3.8, 4) is 5.75 Å². The molecule has 8 nitrogen and oxygen atoms in total. The topological polar surface area (TPSA) is 128 Å². The van der Waals surface area contributed by atoms with Crippen LogP contribution in [0.1, 0.15) is 12.8 Å². The Labute approximate surface area is 111 Å². The molecule has 0 bridgehead atoms. The molecule has 1 saturated carbocycles. The molecule has 0 radical (unpaired) electrons. The fourth-order valence-corrected chi connectivity index (χ4v) is 2.61. The van der Waals surface area contributed by atoms with Crippen molar-refractivity contribution >= 4 is 25.7 Å². The lowest BCUT2D eigenvalue weighted by Gasteiger charge is -2.11. The number of nitrogens with zero attached hydrogens (tertiary/aromatic N) is 1. The number of rotatable bonds is 5. The van der Waals surface area contributed by atoms with Crippen LogP contribution in [0, 0.1) is 0 Å². The van der Waals surface area contributed by atoms with E-state index in [0.29, 0.717) is 5.75 Å². The van der Waals surface area contributed by atoms with Crippen molar-refractivity contribution < 1.29 is 21.6 Å². The second kappa shape index (κ2) is 4.62. The highest BCUT2D eigenvalue weighted by Gasteiger charge is 2.25. The first-order valence-electron chi connectivity index (χ1n) is 5.32. The molecular weight excluding hydrogens is 294 g/mol. The van der Waals surface area contributed by atoms with Crippen molar-refractivity contribution in [2.24, 2.45) is 5.14 Å². The molecule has 0 atom stereocenters. The fourth-order valence-electron chi connectivity index (χ4n) is 1.38. The molecule has 1 heterocycles. The SMILES string of the molecule is CS(=O)(=O)Nc1cc(OC2CC2)cnc1S(N)(=O)=O. The van der Waals surface area contributed by atoms with Crippen LogP contribution >= 0.6 is 0 Å². The standard InChI is InChI=1S/C9H13N3O5S2/c1-18(13,14)12-8-4-7(17-6-2-3-6)5-11-9(8)19(10,15)16/h4-6,12H,2-3H2,1H3,(H2,10,15,16). The first-order chi connectivity index (χ1) is 8.65. The van der Waals surface area contributed by atoms with E-state index in [1.165, 1.54) is 12.3 Å². The number of nitrogens with one attached hydrogen (secondary N) is 1. The van der Waals surface area contributed by atoms with Gasteiger partial charge in [0.15, 0.2) is 5.03 Å². The minimum atomic E-state index is -4.13. The van der Waals surface area contributed by atoms with Gasteiger partial charge in [-0.15, -0.1) is 0 Å². The minimum absolute atomic E-state index is 0.0771. The first kappa shape index (κ1) is 14.0. The smallest absolute Gasteiger partial charge is 0.257 e. The predicted octanol–water partition coefficient (Wildman–Crippen LogP) is -0.358. The molecule has 2 rings (SSSR count). The summed E-state index contributed by atoms with van der Waals surface area (Å²) in [4.78, 5) is 3.65.